The van der Waals surface area contributed by atoms with Crippen molar-refractivity contribution in [2.45, 2.75) is 12.8 Å². The van der Waals surface area contributed by atoms with Crippen LogP contribution in [0.4, 0.5) is 0 Å². The van der Waals surface area contributed by atoms with Gasteiger partial charge in [-0.05, 0) is 25.3 Å². The molecule has 0 spiro atoms. The van der Waals surface area contributed by atoms with Crippen LogP contribution in [0, 0.1) is 5.92 Å². The Bertz CT molecular complexity index is 72.6. The van der Waals surface area contributed by atoms with E-state index in [0.717, 1.165) is 12.5 Å². The van der Waals surface area contributed by atoms with Crippen molar-refractivity contribution in [1.29, 1.82) is 0 Å². The maximum atomic E-state index is 5.39. The van der Waals surface area contributed by atoms with E-state index in [0.29, 0.717) is 0 Å². The van der Waals surface area contributed by atoms with Gasteiger partial charge in [-0.3, -0.25) is 0 Å². The van der Waals surface area contributed by atoms with Gasteiger partial charge in [-0.25, -0.2) is 0 Å². The fraction of sp³-hybridized carbons (Fsp3) is 0.667. The van der Waals surface area contributed by atoms with E-state index >= 15 is 0 Å². The highest BCUT2D eigenvalue weighted by atomic mass is 35.5. The van der Waals surface area contributed by atoms with E-state index in [-0.39, 0.29) is 12.4 Å². The molecule has 1 aliphatic carbocycles. The van der Waals surface area contributed by atoms with Crippen LogP contribution >= 0.6 is 12.4 Å². The molecule has 1 aliphatic rings. The first-order valence-electron chi connectivity index (χ1n) is 2.78. The SMILES string of the molecule is Cl.NCC1CC=CC1. The van der Waals surface area contributed by atoms with Gasteiger partial charge in [-0.1, -0.05) is 12.2 Å². The van der Waals surface area contributed by atoms with Crippen molar-refractivity contribution < 1.29 is 0 Å². The standard InChI is InChI=1S/C6H11N.ClH/c7-5-6-3-1-2-4-6;/h1-2,6H,3-5,7H2;1H. The fourth-order valence-electron chi connectivity index (χ4n) is 0.866. The Hall–Kier alpha value is -0.0100. The second-order valence-electron chi connectivity index (χ2n) is 2.04. The van der Waals surface area contributed by atoms with Gasteiger partial charge in [0, 0.05) is 0 Å². The molecule has 0 bridgehead atoms. The highest BCUT2D eigenvalue weighted by molar-refractivity contribution is 5.85. The van der Waals surface area contributed by atoms with Gasteiger partial charge in [0.05, 0.1) is 0 Å². The number of rotatable bonds is 1. The fourth-order valence-corrected chi connectivity index (χ4v) is 0.866. The zero-order valence-electron chi connectivity index (χ0n) is 4.84. The van der Waals surface area contributed by atoms with Gasteiger partial charge in [0.2, 0.25) is 0 Å². The van der Waals surface area contributed by atoms with Crippen LogP contribution in [-0.2, 0) is 0 Å². The Balaban J connectivity index is 0.000000490. The Labute approximate surface area is 56.4 Å². The second-order valence-corrected chi connectivity index (χ2v) is 2.04. The molecule has 1 nitrogen and oxygen atoms in total. The van der Waals surface area contributed by atoms with Crippen LogP contribution in [0.3, 0.4) is 0 Å². The third-order valence-corrected chi connectivity index (χ3v) is 1.44. The third kappa shape index (κ3) is 1.85. The first-order valence-corrected chi connectivity index (χ1v) is 2.78. The van der Waals surface area contributed by atoms with Crippen molar-refractivity contribution >= 4 is 12.4 Å². The summed E-state index contributed by atoms with van der Waals surface area (Å²) >= 11 is 0. The minimum atomic E-state index is 0. The van der Waals surface area contributed by atoms with Crippen LogP contribution in [-0.4, -0.2) is 6.54 Å². The van der Waals surface area contributed by atoms with E-state index in [1.807, 2.05) is 0 Å². The molecule has 1 rings (SSSR count). The maximum absolute atomic E-state index is 5.39. The summed E-state index contributed by atoms with van der Waals surface area (Å²) in [6.45, 7) is 0.854. The Kier molecular flexibility index (Phi) is 3.92. The Morgan fingerprint density at radius 2 is 1.88 bits per heavy atom. The minimum Gasteiger partial charge on any atom is -0.330 e. The zero-order chi connectivity index (χ0) is 5.11. The lowest BCUT2D eigenvalue weighted by atomic mass is 10.1. The van der Waals surface area contributed by atoms with Crippen LogP contribution in [0.25, 0.3) is 0 Å². The summed E-state index contributed by atoms with van der Waals surface area (Å²) in [4.78, 5) is 0. The Morgan fingerprint density at radius 3 is 2.12 bits per heavy atom. The molecule has 0 saturated heterocycles. The van der Waals surface area contributed by atoms with E-state index in [1.165, 1.54) is 12.8 Å². The number of halogens is 1. The monoisotopic (exact) mass is 133 g/mol. The predicted octanol–water partition coefficient (Wildman–Crippen LogP) is 1.33. The van der Waals surface area contributed by atoms with Gasteiger partial charge < -0.3 is 5.73 Å². The quantitative estimate of drug-likeness (QED) is 0.537. The minimum absolute atomic E-state index is 0. The largest absolute Gasteiger partial charge is 0.330 e. The first kappa shape index (κ1) is 7.99. The molecule has 0 radical (unpaired) electrons. The molecule has 2 N–H and O–H groups in total. The molecule has 48 valence electrons. The molecular weight excluding hydrogens is 122 g/mol. The molecule has 0 aromatic carbocycles. The van der Waals surface area contributed by atoms with Gasteiger partial charge in [-0.15, -0.1) is 12.4 Å². The van der Waals surface area contributed by atoms with Crippen LogP contribution in [0.1, 0.15) is 12.8 Å². The molecule has 0 aliphatic heterocycles. The van der Waals surface area contributed by atoms with Crippen molar-refractivity contribution in [2.24, 2.45) is 11.7 Å². The third-order valence-electron chi connectivity index (χ3n) is 1.44. The lowest BCUT2D eigenvalue weighted by Crippen LogP contribution is -2.09. The van der Waals surface area contributed by atoms with Crippen molar-refractivity contribution in [3.05, 3.63) is 12.2 Å². The van der Waals surface area contributed by atoms with Crippen molar-refractivity contribution in [3.8, 4) is 0 Å². The summed E-state index contributed by atoms with van der Waals surface area (Å²) in [6, 6.07) is 0. The molecular formula is C6H12ClN. The van der Waals surface area contributed by atoms with Crippen LogP contribution < -0.4 is 5.73 Å². The molecule has 0 fully saturated rings. The van der Waals surface area contributed by atoms with Crippen molar-refractivity contribution in [2.75, 3.05) is 6.54 Å². The van der Waals surface area contributed by atoms with Gasteiger partial charge in [0.1, 0.15) is 0 Å². The summed E-state index contributed by atoms with van der Waals surface area (Å²) in [6.07, 6.45) is 6.82. The molecule has 0 aromatic rings. The molecule has 0 heterocycles. The Morgan fingerprint density at radius 1 is 1.38 bits per heavy atom. The van der Waals surface area contributed by atoms with E-state index in [2.05, 4.69) is 12.2 Å². The molecule has 0 unspecified atom stereocenters. The first-order chi connectivity index (χ1) is 3.43. The van der Waals surface area contributed by atoms with E-state index < -0.39 is 0 Å². The molecule has 0 aromatic heterocycles. The molecule has 0 atom stereocenters. The number of nitrogens with two attached hydrogens (primary N) is 1. The van der Waals surface area contributed by atoms with Gasteiger partial charge in [0.15, 0.2) is 0 Å². The van der Waals surface area contributed by atoms with Gasteiger partial charge in [0.25, 0.3) is 0 Å². The van der Waals surface area contributed by atoms with E-state index in [1.54, 1.807) is 0 Å². The van der Waals surface area contributed by atoms with Crippen molar-refractivity contribution in [3.63, 3.8) is 0 Å². The molecule has 2 heteroatoms. The lowest BCUT2D eigenvalue weighted by Gasteiger charge is -2.00. The number of hydrogen-bond acceptors (Lipinski definition) is 1. The maximum Gasteiger partial charge on any atom is -0.00429 e. The van der Waals surface area contributed by atoms with Crippen molar-refractivity contribution in [1.82, 2.24) is 0 Å². The summed E-state index contributed by atoms with van der Waals surface area (Å²) < 4.78 is 0. The van der Waals surface area contributed by atoms with Crippen LogP contribution in [0.2, 0.25) is 0 Å². The highest BCUT2D eigenvalue weighted by Gasteiger charge is 2.05. The normalized spacial score (nSPS) is 18.6. The van der Waals surface area contributed by atoms with Gasteiger partial charge >= 0.3 is 0 Å². The number of allylic oxidation sites excluding steroid dienone is 2. The molecule has 0 saturated carbocycles. The average molecular weight is 134 g/mol. The highest BCUT2D eigenvalue weighted by Crippen LogP contribution is 2.14. The molecule has 8 heavy (non-hydrogen) atoms. The van der Waals surface area contributed by atoms with E-state index in [9.17, 15) is 0 Å². The second kappa shape index (κ2) is 3.93. The van der Waals surface area contributed by atoms with Gasteiger partial charge in [-0.2, -0.15) is 0 Å². The summed E-state index contributed by atoms with van der Waals surface area (Å²) in [5.74, 6) is 0.764. The predicted molar refractivity (Wildman–Crippen MR) is 38.2 cm³/mol. The topological polar surface area (TPSA) is 26.0 Å². The number of hydrogen-bond donors (Lipinski definition) is 1. The molecule has 0 amide bonds. The smallest absolute Gasteiger partial charge is 0.00429 e. The zero-order valence-corrected chi connectivity index (χ0v) is 5.66. The summed E-state index contributed by atoms with van der Waals surface area (Å²) in [5, 5.41) is 0. The average Bonchev–Trinajstić information content (AvgIpc) is 2.14. The van der Waals surface area contributed by atoms with E-state index in [4.69, 9.17) is 5.73 Å². The van der Waals surface area contributed by atoms with Crippen LogP contribution in [0.15, 0.2) is 12.2 Å². The van der Waals surface area contributed by atoms with Crippen LogP contribution in [0.5, 0.6) is 0 Å². The summed E-state index contributed by atoms with van der Waals surface area (Å²) in [7, 11) is 0. The summed E-state index contributed by atoms with van der Waals surface area (Å²) in [5.41, 5.74) is 5.39. The lowest BCUT2D eigenvalue weighted by molar-refractivity contribution is 0.584.